The molecule has 0 unspecified atom stereocenters. The van der Waals surface area contributed by atoms with Crippen molar-refractivity contribution in [1.82, 2.24) is 10.1 Å². The van der Waals surface area contributed by atoms with E-state index in [1.807, 2.05) is 140 Å². The SMILES string of the molecule is CC.CC.CC.CC.O=C(Nc1ccc2c3ccccc3c3ccccc3c2c1)ON1C(=O)CCC1=O.O=C(Nc1ccc2c3ccccc3c3ccccc3c2c1)ON1C(=O)CCC1=O. The maximum absolute atomic E-state index is 12.2. The highest BCUT2D eigenvalue weighted by Crippen LogP contribution is 2.37. The lowest BCUT2D eigenvalue weighted by Gasteiger charge is -2.14. The Morgan fingerprint density at radius 3 is 0.803 bits per heavy atom. The monoisotopic (exact) mass is 888 g/mol. The lowest BCUT2D eigenvalue weighted by Crippen LogP contribution is -2.33. The molecular weight excluding hydrogens is 833 g/mol. The maximum Gasteiger partial charge on any atom is 0.436 e. The van der Waals surface area contributed by atoms with Crippen molar-refractivity contribution < 1.29 is 38.4 Å². The fraction of sp³-hybridized carbons (Fsp3) is 0.222. The molecule has 10 rings (SSSR count). The number of benzene rings is 8. The van der Waals surface area contributed by atoms with Gasteiger partial charge in [0.15, 0.2) is 0 Å². The molecule has 2 N–H and O–H groups in total. The second-order valence-electron chi connectivity index (χ2n) is 13.9. The van der Waals surface area contributed by atoms with E-state index in [1.54, 1.807) is 12.1 Å². The van der Waals surface area contributed by atoms with Crippen LogP contribution in [0, 0.1) is 0 Å². The molecule has 0 bridgehead atoms. The largest absolute Gasteiger partial charge is 0.436 e. The van der Waals surface area contributed by atoms with Crippen molar-refractivity contribution in [2.45, 2.75) is 81.1 Å². The summed E-state index contributed by atoms with van der Waals surface area (Å²) in [7, 11) is 0. The van der Waals surface area contributed by atoms with Crippen LogP contribution >= 0.6 is 0 Å². The summed E-state index contributed by atoms with van der Waals surface area (Å²) in [6.07, 6.45) is -1.53. The highest BCUT2D eigenvalue weighted by Gasteiger charge is 2.34. The number of anilines is 2. The van der Waals surface area contributed by atoms with Crippen LogP contribution in [-0.4, -0.2) is 45.9 Å². The molecule has 0 aliphatic carbocycles. The normalized spacial score (nSPS) is 12.8. The molecule has 340 valence electrons. The molecule has 2 saturated heterocycles. The summed E-state index contributed by atoms with van der Waals surface area (Å²) in [5.74, 6) is -2.05. The Morgan fingerprint density at radius 2 is 0.561 bits per heavy atom. The number of hydrogen-bond donors (Lipinski definition) is 2. The third-order valence-electron chi connectivity index (χ3n) is 10.3. The predicted molar refractivity (Wildman–Crippen MR) is 266 cm³/mol. The van der Waals surface area contributed by atoms with Gasteiger partial charge in [-0.15, -0.1) is 10.1 Å². The van der Waals surface area contributed by atoms with E-state index >= 15 is 0 Å². The summed E-state index contributed by atoms with van der Waals surface area (Å²) >= 11 is 0. The molecule has 2 aliphatic heterocycles. The first kappa shape index (κ1) is 49.2. The minimum absolute atomic E-state index is 0.0567. The number of carbonyl (C=O) groups excluding carboxylic acids is 6. The number of fused-ring (bicyclic) bond motifs is 12. The number of nitrogens with zero attached hydrogens (tertiary/aromatic N) is 2. The Labute approximate surface area is 384 Å². The standard InChI is InChI=1S/2C23H16N2O4.4C2H6/c2*26-21-11-12-22(27)25(21)29-23(28)24-14-9-10-19-17-7-2-1-5-15(17)16-6-3-4-8-18(16)20(19)13-14;4*1-2/h2*1-10,13H,11-12H2,(H,24,28);4*1-2H3. The number of imide groups is 2. The van der Waals surface area contributed by atoms with E-state index in [4.69, 9.17) is 9.68 Å². The van der Waals surface area contributed by atoms with Crippen LogP contribution < -0.4 is 10.6 Å². The van der Waals surface area contributed by atoms with Gasteiger partial charge in [-0.3, -0.25) is 29.8 Å². The molecule has 66 heavy (non-hydrogen) atoms. The molecule has 8 aromatic carbocycles. The lowest BCUT2D eigenvalue weighted by molar-refractivity contribution is -0.171. The van der Waals surface area contributed by atoms with Crippen molar-refractivity contribution in [1.29, 1.82) is 0 Å². The van der Waals surface area contributed by atoms with Crippen LogP contribution in [-0.2, 0) is 28.9 Å². The van der Waals surface area contributed by atoms with Gasteiger partial charge in [-0.25, -0.2) is 9.59 Å². The summed E-state index contributed by atoms with van der Waals surface area (Å²) in [6, 6.07) is 43.8. The minimum Gasteiger partial charge on any atom is -0.311 e. The van der Waals surface area contributed by atoms with Gasteiger partial charge in [-0.1, -0.05) is 165 Å². The molecule has 0 atom stereocenters. The van der Waals surface area contributed by atoms with Gasteiger partial charge in [0.25, 0.3) is 23.6 Å². The van der Waals surface area contributed by atoms with Crippen LogP contribution in [0.3, 0.4) is 0 Å². The molecule has 0 saturated carbocycles. The first-order valence-electron chi connectivity index (χ1n) is 22.6. The van der Waals surface area contributed by atoms with Crippen molar-refractivity contribution in [2.75, 3.05) is 10.6 Å². The smallest absolute Gasteiger partial charge is 0.311 e. The van der Waals surface area contributed by atoms with Crippen LogP contribution in [0.5, 0.6) is 0 Å². The molecule has 2 aliphatic rings. The molecule has 0 spiro atoms. The van der Waals surface area contributed by atoms with E-state index in [0.29, 0.717) is 21.5 Å². The molecular formula is C54H56N4O8. The number of amides is 6. The minimum atomic E-state index is -0.877. The summed E-state index contributed by atoms with van der Waals surface area (Å²) in [5, 5.41) is 19.4. The van der Waals surface area contributed by atoms with E-state index in [-0.39, 0.29) is 25.7 Å². The quantitative estimate of drug-likeness (QED) is 0.131. The zero-order chi connectivity index (χ0) is 47.9. The topological polar surface area (TPSA) is 151 Å². The lowest BCUT2D eigenvalue weighted by atomic mass is 9.94. The van der Waals surface area contributed by atoms with Crippen molar-refractivity contribution in [3.05, 3.63) is 133 Å². The number of hydroxylamine groups is 4. The highest BCUT2D eigenvalue weighted by molar-refractivity contribution is 6.27. The molecule has 2 heterocycles. The van der Waals surface area contributed by atoms with E-state index in [1.165, 1.54) is 10.8 Å². The molecule has 8 aromatic rings. The number of carbonyl (C=O) groups is 6. The van der Waals surface area contributed by atoms with Crippen molar-refractivity contribution in [3.63, 3.8) is 0 Å². The zero-order valence-corrected chi connectivity index (χ0v) is 38.7. The summed E-state index contributed by atoms with van der Waals surface area (Å²) < 4.78 is 0. The molecule has 12 nitrogen and oxygen atoms in total. The Morgan fingerprint density at radius 1 is 0.348 bits per heavy atom. The van der Waals surface area contributed by atoms with E-state index in [9.17, 15) is 28.8 Å². The summed E-state index contributed by atoms with van der Waals surface area (Å²) in [6.45, 7) is 16.0. The van der Waals surface area contributed by atoms with E-state index in [0.717, 1.165) is 53.9 Å². The van der Waals surface area contributed by atoms with Crippen molar-refractivity contribution in [3.8, 4) is 0 Å². The second kappa shape index (κ2) is 23.2. The fourth-order valence-corrected chi connectivity index (χ4v) is 7.73. The zero-order valence-electron chi connectivity index (χ0n) is 38.7. The predicted octanol–water partition coefficient (Wildman–Crippen LogP) is 13.6. The first-order chi connectivity index (χ1) is 32.2. The Bertz CT molecular complexity index is 2760. The molecule has 0 radical (unpaired) electrons. The third kappa shape index (κ3) is 10.4. The van der Waals surface area contributed by atoms with Gasteiger partial charge in [0.2, 0.25) is 0 Å². The number of nitrogens with one attached hydrogen (secondary N) is 2. The van der Waals surface area contributed by atoms with E-state index < -0.39 is 35.8 Å². The number of rotatable bonds is 4. The Balaban J connectivity index is 0.000000215. The van der Waals surface area contributed by atoms with Gasteiger partial charge in [0, 0.05) is 37.1 Å². The average molecular weight is 889 g/mol. The van der Waals surface area contributed by atoms with E-state index in [2.05, 4.69) is 47.0 Å². The van der Waals surface area contributed by atoms with Crippen molar-refractivity contribution >= 4 is 112 Å². The molecule has 2 fully saturated rings. The van der Waals surface area contributed by atoms with Crippen LogP contribution in [0.25, 0.3) is 64.6 Å². The second-order valence-corrected chi connectivity index (χ2v) is 13.9. The van der Waals surface area contributed by atoms with Gasteiger partial charge in [-0.05, 0) is 88.9 Å². The van der Waals surface area contributed by atoms with Crippen LogP contribution in [0.15, 0.2) is 133 Å². The fourth-order valence-electron chi connectivity index (χ4n) is 7.73. The Kier molecular flexibility index (Phi) is 17.3. The van der Waals surface area contributed by atoms with Crippen molar-refractivity contribution in [2.24, 2.45) is 0 Å². The molecule has 6 amide bonds. The molecule has 12 heteroatoms. The highest BCUT2D eigenvalue weighted by atomic mass is 16.7. The summed E-state index contributed by atoms with van der Waals surface area (Å²) in [4.78, 5) is 80.6. The summed E-state index contributed by atoms with van der Waals surface area (Å²) in [5.41, 5.74) is 1.03. The third-order valence-corrected chi connectivity index (χ3v) is 10.3. The average Bonchev–Trinajstić information content (AvgIpc) is 3.87. The van der Waals surface area contributed by atoms with Crippen LogP contribution in [0.1, 0.15) is 81.1 Å². The van der Waals surface area contributed by atoms with Crippen LogP contribution in [0.2, 0.25) is 0 Å². The van der Waals surface area contributed by atoms with Gasteiger partial charge in [-0.2, -0.15) is 0 Å². The van der Waals surface area contributed by atoms with Gasteiger partial charge in [0.05, 0.1) is 0 Å². The maximum atomic E-state index is 12.2. The van der Waals surface area contributed by atoms with Gasteiger partial charge < -0.3 is 9.68 Å². The number of hydrogen-bond acceptors (Lipinski definition) is 8. The van der Waals surface area contributed by atoms with Gasteiger partial charge >= 0.3 is 12.2 Å². The van der Waals surface area contributed by atoms with Crippen LogP contribution in [0.4, 0.5) is 21.0 Å². The Hall–Kier alpha value is -7.86. The first-order valence-corrected chi connectivity index (χ1v) is 22.6. The van der Waals surface area contributed by atoms with Gasteiger partial charge in [0.1, 0.15) is 0 Å². The molecule has 0 aromatic heterocycles.